The summed E-state index contributed by atoms with van der Waals surface area (Å²) in [4.78, 5) is 36.0. The van der Waals surface area contributed by atoms with Crippen LogP contribution in [0.15, 0.2) is 0 Å². The van der Waals surface area contributed by atoms with Crippen LogP contribution in [0, 0.1) is 29.1 Å². The molecule has 0 bridgehead atoms. The maximum atomic E-state index is 13.3. The fraction of sp³-hybridized carbons (Fsp3) is 0.125. The molecular formula is C8H8F5NO5P2. The first-order valence-corrected chi connectivity index (χ1v) is 8.43. The zero-order valence-electron chi connectivity index (χ0n) is 9.77. The molecule has 120 valence electrons. The minimum absolute atomic E-state index is 1.23. The van der Waals surface area contributed by atoms with Crippen molar-refractivity contribution in [3.63, 3.8) is 0 Å². The SMILES string of the molecule is C=P(O)(O)C(Nc1c(F)c(F)c(F)c(F)c1F)P(=O)(O)O. The average molecular weight is 355 g/mol. The summed E-state index contributed by atoms with van der Waals surface area (Å²) >= 11 is 0. The van der Waals surface area contributed by atoms with Crippen molar-refractivity contribution in [3.8, 4) is 0 Å². The second kappa shape index (κ2) is 5.68. The lowest BCUT2D eigenvalue weighted by Gasteiger charge is -2.26. The summed E-state index contributed by atoms with van der Waals surface area (Å²) in [6, 6.07) is 0. The Morgan fingerprint density at radius 3 is 1.48 bits per heavy atom. The summed E-state index contributed by atoms with van der Waals surface area (Å²) < 4.78 is 76.3. The standard InChI is InChI=1S/C8H8F5NO5P2/c1-20(15,16)8(21(17,18)19)14-7-5(12)3(10)2(9)4(11)6(7)13/h8,14-16H,1H2,(H2,17,18,19). The van der Waals surface area contributed by atoms with E-state index in [4.69, 9.17) is 19.6 Å². The van der Waals surface area contributed by atoms with E-state index >= 15 is 0 Å². The Hall–Kier alpha value is -0.960. The lowest BCUT2D eigenvalue weighted by molar-refractivity contribution is 0.363. The molecule has 0 aliphatic heterocycles. The van der Waals surface area contributed by atoms with E-state index in [2.05, 4.69) is 6.30 Å². The summed E-state index contributed by atoms with van der Waals surface area (Å²) in [7, 11) is -10.1. The molecule has 5 N–H and O–H groups in total. The molecule has 0 fully saturated rings. The molecule has 0 aromatic heterocycles. The monoisotopic (exact) mass is 355 g/mol. The molecule has 1 unspecified atom stereocenters. The molecule has 6 nitrogen and oxygen atoms in total. The largest absolute Gasteiger partial charge is 0.359 e. The second-order valence-corrected chi connectivity index (χ2v) is 8.03. The van der Waals surface area contributed by atoms with Gasteiger partial charge in [-0.25, -0.2) is 22.0 Å². The van der Waals surface area contributed by atoms with E-state index in [1.54, 1.807) is 0 Å². The van der Waals surface area contributed by atoms with Gasteiger partial charge in [0.25, 0.3) is 0 Å². The van der Waals surface area contributed by atoms with Crippen molar-refractivity contribution in [3.05, 3.63) is 29.1 Å². The van der Waals surface area contributed by atoms with Crippen LogP contribution in [0.2, 0.25) is 0 Å². The van der Waals surface area contributed by atoms with Crippen molar-refractivity contribution in [1.29, 1.82) is 0 Å². The summed E-state index contributed by atoms with van der Waals surface area (Å²) in [6.45, 7) is 0. The van der Waals surface area contributed by atoms with E-state index in [-0.39, 0.29) is 0 Å². The van der Waals surface area contributed by atoms with Gasteiger partial charge >= 0.3 is 7.60 Å². The van der Waals surface area contributed by atoms with Crippen molar-refractivity contribution in [2.75, 3.05) is 5.32 Å². The Morgan fingerprint density at radius 1 is 0.857 bits per heavy atom. The molecular weight excluding hydrogens is 347 g/mol. The Kier molecular flexibility index (Phi) is 4.89. The van der Waals surface area contributed by atoms with E-state index in [1.807, 2.05) is 0 Å². The van der Waals surface area contributed by atoms with E-state index in [9.17, 15) is 26.5 Å². The van der Waals surface area contributed by atoms with E-state index in [1.165, 1.54) is 5.32 Å². The third-order valence-corrected chi connectivity index (χ3v) is 5.88. The first-order chi connectivity index (χ1) is 9.28. The van der Waals surface area contributed by atoms with Crippen molar-refractivity contribution in [1.82, 2.24) is 0 Å². The maximum absolute atomic E-state index is 13.3. The molecule has 1 atom stereocenters. The lowest BCUT2D eigenvalue weighted by atomic mass is 10.2. The normalized spacial score (nSPS) is 14.1. The number of benzene rings is 1. The second-order valence-electron chi connectivity index (χ2n) is 3.84. The highest BCUT2D eigenvalue weighted by Gasteiger charge is 2.40. The fourth-order valence-electron chi connectivity index (χ4n) is 1.29. The molecule has 0 aliphatic rings. The van der Waals surface area contributed by atoms with Gasteiger partial charge in [0.1, 0.15) is 13.0 Å². The van der Waals surface area contributed by atoms with Crippen molar-refractivity contribution >= 4 is 26.9 Å². The predicted octanol–water partition coefficient (Wildman–Crippen LogP) is 1.52. The highest BCUT2D eigenvalue weighted by Crippen LogP contribution is 2.59. The highest BCUT2D eigenvalue weighted by atomic mass is 31.2. The van der Waals surface area contributed by atoms with Crippen molar-refractivity contribution in [2.45, 2.75) is 5.52 Å². The van der Waals surface area contributed by atoms with Crippen molar-refractivity contribution < 1.29 is 46.1 Å². The molecule has 1 rings (SSSR count). The Labute approximate surface area is 114 Å². The summed E-state index contributed by atoms with van der Waals surface area (Å²) in [6.07, 6.45) is 2.62. The smallest absolute Gasteiger partial charge is 0.356 e. The Morgan fingerprint density at radius 2 is 1.19 bits per heavy atom. The van der Waals surface area contributed by atoms with Gasteiger partial charge in [0, 0.05) is 0 Å². The van der Waals surface area contributed by atoms with Crippen LogP contribution < -0.4 is 5.32 Å². The minimum atomic E-state index is -5.44. The first-order valence-electron chi connectivity index (χ1n) is 4.80. The molecule has 21 heavy (non-hydrogen) atoms. The molecule has 1 aromatic rings. The molecule has 0 amide bonds. The van der Waals surface area contributed by atoms with Gasteiger partial charge in [-0.3, -0.25) is 4.57 Å². The Balaban J connectivity index is 3.49. The van der Waals surface area contributed by atoms with Gasteiger partial charge in [-0.2, -0.15) is 0 Å². The van der Waals surface area contributed by atoms with Gasteiger partial charge in [0.05, 0.1) is 0 Å². The van der Waals surface area contributed by atoms with Crippen LogP contribution in [0.25, 0.3) is 0 Å². The van der Waals surface area contributed by atoms with Crippen LogP contribution in [-0.4, -0.2) is 31.4 Å². The molecule has 0 saturated carbocycles. The molecule has 0 aliphatic carbocycles. The van der Waals surface area contributed by atoms with Gasteiger partial charge in [0.15, 0.2) is 28.8 Å². The van der Waals surface area contributed by atoms with E-state index in [0.717, 1.165) is 0 Å². The number of hydrogen-bond donors (Lipinski definition) is 5. The minimum Gasteiger partial charge on any atom is -0.359 e. The number of halogens is 5. The molecule has 0 heterocycles. The third kappa shape index (κ3) is 3.63. The Bertz CT molecular complexity index is 621. The fourth-order valence-corrected chi connectivity index (χ4v) is 3.85. The predicted molar refractivity (Wildman–Crippen MR) is 64.2 cm³/mol. The van der Waals surface area contributed by atoms with Gasteiger partial charge in [-0.1, -0.05) is 0 Å². The van der Waals surface area contributed by atoms with Crippen LogP contribution >= 0.6 is 14.9 Å². The zero-order valence-corrected chi connectivity index (χ0v) is 11.6. The molecule has 0 radical (unpaired) electrons. The quantitative estimate of drug-likeness (QED) is 0.243. The average Bonchev–Trinajstić information content (AvgIpc) is 2.30. The topological polar surface area (TPSA) is 110 Å². The van der Waals surface area contributed by atoms with Gasteiger partial charge < -0.3 is 24.9 Å². The third-order valence-electron chi connectivity index (χ3n) is 2.19. The van der Waals surface area contributed by atoms with E-state index in [0.29, 0.717) is 0 Å². The maximum Gasteiger partial charge on any atom is 0.356 e. The number of nitrogens with one attached hydrogen (secondary N) is 1. The molecule has 0 spiro atoms. The number of rotatable bonds is 4. The van der Waals surface area contributed by atoms with Gasteiger partial charge in [-0.05, 0) is 6.30 Å². The number of hydrogen-bond acceptors (Lipinski definition) is 4. The molecule has 13 heteroatoms. The van der Waals surface area contributed by atoms with Crippen LogP contribution in [0.5, 0.6) is 0 Å². The zero-order chi connectivity index (χ0) is 16.7. The lowest BCUT2D eigenvalue weighted by Crippen LogP contribution is -2.22. The molecule has 1 aromatic carbocycles. The van der Waals surface area contributed by atoms with Gasteiger partial charge in [-0.15, -0.1) is 0 Å². The highest BCUT2D eigenvalue weighted by molar-refractivity contribution is 7.76. The van der Waals surface area contributed by atoms with Crippen LogP contribution in [0.3, 0.4) is 0 Å². The number of anilines is 1. The van der Waals surface area contributed by atoms with Crippen molar-refractivity contribution in [2.24, 2.45) is 0 Å². The van der Waals surface area contributed by atoms with E-state index < -0.39 is 55.2 Å². The van der Waals surface area contributed by atoms with Crippen LogP contribution in [0.1, 0.15) is 0 Å². The summed E-state index contributed by atoms with van der Waals surface area (Å²) in [5.41, 5.74) is -4.55. The summed E-state index contributed by atoms with van der Waals surface area (Å²) in [5, 5.41) is 1.23. The first kappa shape index (κ1) is 18.1. The van der Waals surface area contributed by atoms with Crippen LogP contribution in [-0.2, 0) is 4.57 Å². The summed E-state index contributed by atoms with van der Waals surface area (Å²) in [5.74, 6) is -12.1. The van der Waals surface area contributed by atoms with Crippen LogP contribution in [0.4, 0.5) is 27.6 Å². The van der Waals surface area contributed by atoms with Gasteiger partial charge in [0.2, 0.25) is 5.82 Å². The molecule has 0 saturated heterocycles.